The van der Waals surface area contributed by atoms with Gasteiger partial charge in [0.05, 0.1) is 0 Å². The van der Waals surface area contributed by atoms with Gasteiger partial charge in [-0.2, -0.15) is 0 Å². The van der Waals surface area contributed by atoms with Crippen molar-refractivity contribution in [1.82, 2.24) is 9.97 Å². The third-order valence-corrected chi connectivity index (χ3v) is 2.99. The molecular weight excluding hydrogens is 267 g/mol. The fourth-order valence-electron chi connectivity index (χ4n) is 1.98. The molecule has 3 nitrogen and oxygen atoms in total. The number of benzene rings is 1. The minimum Gasteiger partial charge on any atom is -0.489 e. The van der Waals surface area contributed by atoms with Crippen LogP contribution in [-0.2, 0) is 6.61 Å². The van der Waals surface area contributed by atoms with E-state index in [-0.39, 0.29) is 5.82 Å². The highest BCUT2D eigenvalue weighted by molar-refractivity contribution is 5.61. The second-order valence-electron chi connectivity index (χ2n) is 4.51. The molecule has 2 heterocycles. The second-order valence-corrected chi connectivity index (χ2v) is 4.51. The zero-order valence-electron chi connectivity index (χ0n) is 11.2. The van der Waals surface area contributed by atoms with E-state index in [0.717, 1.165) is 5.56 Å². The first-order valence-electron chi connectivity index (χ1n) is 6.55. The molecule has 4 heteroatoms. The van der Waals surface area contributed by atoms with E-state index in [2.05, 4.69) is 9.97 Å². The van der Waals surface area contributed by atoms with Crippen molar-refractivity contribution < 1.29 is 9.13 Å². The molecule has 0 amide bonds. The van der Waals surface area contributed by atoms with Gasteiger partial charge in [0.15, 0.2) is 0 Å². The summed E-state index contributed by atoms with van der Waals surface area (Å²) in [5, 5.41) is 0. The van der Waals surface area contributed by atoms with Crippen molar-refractivity contribution in [2.45, 2.75) is 6.61 Å². The van der Waals surface area contributed by atoms with Crippen molar-refractivity contribution in [2.75, 3.05) is 0 Å². The molecular formula is C17H13FN2O. The van der Waals surface area contributed by atoms with E-state index < -0.39 is 0 Å². The van der Waals surface area contributed by atoms with Crippen LogP contribution in [0.2, 0.25) is 0 Å². The molecule has 0 aliphatic heterocycles. The van der Waals surface area contributed by atoms with Gasteiger partial charge in [-0.15, -0.1) is 0 Å². The first kappa shape index (κ1) is 13.2. The molecule has 0 atom stereocenters. The minimum atomic E-state index is -0.345. The minimum absolute atomic E-state index is 0.323. The Kier molecular flexibility index (Phi) is 3.87. The average Bonchev–Trinajstić information content (AvgIpc) is 2.55. The van der Waals surface area contributed by atoms with E-state index in [4.69, 9.17) is 4.74 Å². The third-order valence-electron chi connectivity index (χ3n) is 2.99. The van der Waals surface area contributed by atoms with Gasteiger partial charge in [0.2, 0.25) is 0 Å². The Morgan fingerprint density at radius 1 is 1.00 bits per heavy atom. The van der Waals surface area contributed by atoms with E-state index in [1.807, 2.05) is 30.3 Å². The molecule has 104 valence electrons. The van der Waals surface area contributed by atoms with Crippen LogP contribution in [0.5, 0.6) is 5.75 Å². The lowest BCUT2D eigenvalue weighted by Gasteiger charge is -2.08. The molecule has 2 aromatic heterocycles. The second kappa shape index (κ2) is 6.13. The van der Waals surface area contributed by atoms with Crippen LogP contribution in [0.1, 0.15) is 5.56 Å². The van der Waals surface area contributed by atoms with Crippen molar-refractivity contribution in [3.05, 3.63) is 78.5 Å². The lowest BCUT2D eigenvalue weighted by Crippen LogP contribution is -1.96. The first-order valence-corrected chi connectivity index (χ1v) is 6.55. The molecule has 0 unspecified atom stereocenters. The smallest absolute Gasteiger partial charge is 0.149 e. The van der Waals surface area contributed by atoms with Crippen LogP contribution in [0.4, 0.5) is 4.39 Å². The van der Waals surface area contributed by atoms with Crippen LogP contribution in [0, 0.1) is 5.82 Å². The van der Waals surface area contributed by atoms with E-state index in [1.165, 1.54) is 6.07 Å². The lowest BCUT2D eigenvalue weighted by atomic mass is 10.1. The number of hydrogen-bond acceptors (Lipinski definition) is 3. The number of hydrogen-bond donors (Lipinski definition) is 0. The zero-order chi connectivity index (χ0) is 14.5. The van der Waals surface area contributed by atoms with Crippen molar-refractivity contribution in [3.63, 3.8) is 0 Å². The van der Waals surface area contributed by atoms with E-state index in [9.17, 15) is 4.39 Å². The van der Waals surface area contributed by atoms with E-state index in [0.29, 0.717) is 23.6 Å². The Morgan fingerprint density at radius 3 is 2.71 bits per heavy atom. The molecule has 3 aromatic rings. The molecule has 3 rings (SSSR count). The summed E-state index contributed by atoms with van der Waals surface area (Å²) < 4.78 is 19.5. The van der Waals surface area contributed by atoms with Crippen molar-refractivity contribution >= 4 is 0 Å². The molecule has 0 spiro atoms. The highest BCUT2D eigenvalue weighted by atomic mass is 19.1. The summed E-state index contributed by atoms with van der Waals surface area (Å²) in [6.07, 6.45) is 5.04. The fourth-order valence-corrected chi connectivity index (χ4v) is 1.98. The summed E-state index contributed by atoms with van der Waals surface area (Å²) >= 11 is 0. The number of rotatable bonds is 4. The maximum Gasteiger partial charge on any atom is 0.149 e. The van der Waals surface area contributed by atoms with Gasteiger partial charge in [0.25, 0.3) is 0 Å². The third kappa shape index (κ3) is 3.23. The first-order chi connectivity index (χ1) is 10.3. The van der Waals surface area contributed by atoms with Gasteiger partial charge in [-0.05, 0) is 30.3 Å². The molecule has 0 N–H and O–H groups in total. The molecule has 0 bridgehead atoms. The number of aromatic nitrogens is 2. The average molecular weight is 280 g/mol. The van der Waals surface area contributed by atoms with Crippen molar-refractivity contribution in [1.29, 1.82) is 0 Å². The quantitative estimate of drug-likeness (QED) is 0.728. The summed E-state index contributed by atoms with van der Waals surface area (Å²) in [5.74, 6) is 0.323. The Labute approximate surface area is 122 Å². The predicted molar refractivity (Wildman–Crippen MR) is 78.2 cm³/mol. The molecule has 0 aliphatic rings. The van der Waals surface area contributed by atoms with Gasteiger partial charge in [-0.3, -0.25) is 9.97 Å². The molecule has 0 radical (unpaired) electrons. The molecule has 0 fully saturated rings. The monoisotopic (exact) mass is 280 g/mol. The van der Waals surface area contributed by atoms with Gasteiger partial charge in [-0.25, -0.2) is 4.39 Å². The largest absolute Gasteiger partial charge is 0.489 e. The summed E-state index contributed by atoms with van der Waals surface area (Å²) in [6, 6.07) is 14.0. The van der Waals surface area contributed by atoms with Crippen molar-refractivity contribution in [3.8, 4) is 17.0 Å². The normalized spacial score (nSPS) is 10.3. The number of ether oxygens (including phenoxy) is 1. The Bertz CT molecular complexity index is 732. The number of nitrogens with zero attached hydrogens (tertiary/aromatic N) is 2. The van der Waals surface area contributed by atoms with Crippen LogP contribution in [0.3, 0.4) is 0 Å². The maximum atomic E-state index is 13.7. The summed E-state index contributed by atoms with van der Waals surface area (Å²) in [6.45, 7) is 0.419. The maximum absolute atomic E-state index is 13.7. The highest BCUT2D eigenvalue weighted by Gasteiger charge is 2.06. The number of pyridine rings is 2. The van der Waals surface area contributed by atoms with Crippen LogP contribution in [0.15, 0.2) is 67.1 Å². The molecule has 1 aromatic carbocycles. The van der Waals surface area contributed by atoms with Gasteiger partial charge < -0.3 is 4.74 Å². The predicted octanol–water partition coefficient (Wildman–Crippen LogP) is 3.86. The Morgan fingerprint density at radius 2 is 1.90 bits per heavy atom. The van der Waals surface area contributed by atoms with Gasteiger partial charge in [-0.1, -0.05) is 18.2 Å². The van der Waals surface area contributed by atoms with Gasteiger partial charge in [0, 0.05) is 29.7 Å². The molecule has 21 heavy (non-hydrogen) atoms. The van der Waals surface area contributed by atoms with Crippen LogP contribution >= 0.6 is 0 Å². The Balaban J connectivity index is 1.79. The standard InChI is InChI=1S/C17H13FN2O/c18-16-7-3-9-20-17(16)14-5-1-6-15(10-14)21-12-13-4-2-8-19-11-13/h1-11H,12H2. The van der Waals surface area contributed by atoms with Crippen LogP contribution < -0.4 is 4.74 Å². The summed E-state index contributed by atoms with van der Waals surface area (Å²) in [4.78, 5) is 8.10. The highest BCUT2D eigenvalue weighted by Crippen LogP contribution is 2.24. The van der Waals surface area contributed by atoms with Crippen molar-refractivity contribution in [2.24, 2.45) is 0 Å². The Hall–Kier alpha value is -2.75. The van der Waals surface area contributed by atoms with E-state index >= 15 is 0 Å². The summed E-state index contributed by atoms with van der Waals surface area (Å²) in [7, 11) is 0. The molecule has 0 saturated heterocycles. The molecule has 0 aliphatic carbocycles. The van der Waals surface area contributed by atoms with Gasteiger partial charge in [0.1, 0.15) is 23.9 Å². The topological polar surface area (TPSA) is 35.0 Å². The SMILES string of the molecule is Fc1cccnc1-c1cccc(OCc2cccnc2)c1. The fraction of sp³-hybridized carbons (Fsp3) is 0.0588. The zero-order valence-corrected chi connectivity index (χ0v) is 11.2. The molecule has 0 saturated carbocycles. The van der Waals surface area contributed by atoms with E-state index in [1.54, 1.807) is 30.7 Å². The van der Waals surface area contributed by atoms with Crippen LogP contribution in [-0.4, -0.2) is 9.97 Å². The summed E-state index contributed by atoms with van der Waals surface area (Å²) in [5.41, 5.74) is 1.99. The lowest BCUT2D eigenvalue weighted by molar-refractivity contribution is 0.306. The van der Waals surface area contributed by atoms with Gasteiger partial charge >= 0.3 is 0 Å². The number of halogens is 1. The van der Waals surface area contributed by atoms with Crippen LogP contribution in [0.25, 0.3) is 11.3 Å².